The fourth-order valence-corrected chi connectivity index (χ4v) is 3.58. The van der Waals surface area contributed by atoms with Crippen LogP contribution >= 0.6 is 11.7 Å². The Hall–Kier alpha value is -2.27. The predicted octanol–water partition coefficient (Wildman–Crippen LogP) is 3.86. The molecule has 104 valence electrons. The van der Waals surface area contributed by atoms with Crippen LogP contribution in [-0.2, 0) is 7.05 Å². The van der Waals surface area contributed by atoms with Gasteiger partial charge in [-0.3, -0.25) is 4.68 Å². The van der Waals surface area contributed by atoms with Gasteiger partial charge in [0.15, 0.2) is 0 Å². The Kier molecular flexibility index (Phi) is 2.59. The van der Waals surface area contributed by atoms with Crippen molar-refractivity contribution in [2.45, 2.75) is 13.8 Å². The molecule has 4 nitrogen and oxygen atoms in total. The third kappa shape index (κ3) is 1.77. The molecule has 0 saturated carbocycles. The second-order valence-electron chi connectivity index (χ2n) is 5.39. The summed E-state index contributed by atoms with van der Waals surface area (Å²) in [7, 11) is 1.95. The van der Waals surface area contributed by atoms with Crippen LogP contribution in [0.5, 0.6) is 0 Å². The summed E-state index contributed by atoms with van der Waals surface area (Å²) in [4.78, 5) is 0. The van der Waals surface area contributed by atoms with Gasteiger partial charge in [-0.25, -0.2) is 0 Å². The van der Waals surface area contributed by atoms with Crippen molar-refractivity contribution in [3.05, 3.63) is 41.6 Å². The van der Waals surface area contributed by atoms with E-state index in [4.69, 9.17) is 0 Å². The standard InChI is InChI=1S/C16H14N4S/c1-9-7-10(2)14-16(19-21-18-14)13(9)12-6-4-5-11-8-20(3)17-15(11)12/h4-8H,1-3H3. The minimum absolute atomic E-state index is 0.982. The highest BCUT2D eigenvalue weighted by Gasteiger charge is 2.16. The van der Waals surface area contributed by atoms with Crippen LogP contribution in [0.15, 0.2) is 30.5 Å². The molecule has 0 amide bonds. The maximum absolute atomic E-state index is 4.62. The SMILES string of the molecule is Cc1cc(C)c2nsnc2c1-c1cccc2cn(C)nc12. The van der Waals surface area contributed by atoms with E-state index in [1.54, 1.807) is 0 Å². The van der Waals surface area contributed by atoms with E-state index in [1.807, 2.05) is 17.9 Å². The van der Waals surface area contributed by atoms with Crippen molar-refractivity contribution in [1.82, 2.24) is 18.5 Å². The number of hydrogen-bond acceptors (Lipinski definition) is 4. The molecule has 0 aliphatic rings. The maximum atomic E-state index is 4.62. The summed E-state index contributed by atoms with van der Waals surface area (Å²) < 4.78 is 10.8. The average molecular weight is 294 g/mol. The second kappa shape index (κ2) is 4.36. The monoisotopic (exact) mass is 294 g/mol. The average Bonchev–Trinajstić information content (AvgIpc) is 3.04. The lowest BCUT2D eigenvalue weighted by Gasteiger charge is -2.09. The first-order valence-electron chi connectivity index (χ1n) is 6.80. The van der Waals surface area contributed by atoms with Gasteiger partial charge >= 0.3 is 0 Å². The molecule has 4 rings (SSSR count). The Morgan fingerprint density at radius 2 is 1.81 bits per heavy atom. The van der Waals surface area contributed by atoms with Gasteiger partial charge in [-0.2, -0.15) is 13.8 Å². The van der Waals surface area contributed by atoms with E-state index >= 15 is 0 Å². The molecule has 0 spiro atoms. The van der Waals surface area contributed by atoms with Crippen molar-refractivity contribution in [3.8, 4) is 11.1 Å². The summed E-state index contributed by atoms with van der Waals surface area (Å²) in [5.41, 5.74) is 7.65. The summed E-state index contributed by atoms with van der Waals surface area (Å²) in [6.07, 6.45) is 2.04. The van der Waals surface area contributed by atoms with Crippen molar-refractivity contribution in [1.29, 1.82) is 0 Å². The Morgan fingerprint density at radius 3 is 2.67 bits per heavy atom. The summed E-state index contributed by atoms with van der Waals surface area (Å²) in [6.45, 7) is 4.21. The Morgan fingerprint density at radius 1 is 1.00 bits per heavy atom. The molecule has 0 aliphatic heterocycles. The third-order valence-corrected chi connectivity index (χ3v) is 4.37. The molecule has 4 aromatic rings. The fourth-order valence-electron chi connectivity index (χ4n) is 2.97. The first-order chi connectivity index (χ1) is 10.1. The number of aryl methyl sites for hydroxylation is 3. The molecule has 0 N–H and O–H groups in total. The zero-order valence-corrected chi connectivity index (χ0v) is 12.9. The number of nitrogens with zero attached hydrogens (tertiary/aromatic N) is 4. The Labute approximate surface area is 126 Å². The van der Waals surface area contributed by atoms with Gasteiger partial charge in [0.1, 0.15) is 16.6 Å². The largest absolute Gasteiger partial charge is 0.275 e. The van der Waals surface area contributed by atoms with Crippen LogP contribution in [0.1, 0.15) is 11.1 Å². The van der Waals surface area contributed by atoms with Crippen LogP contribution in [0.4, 0.5) is 0 Å². The van der Waals surface area contributed by atoms with E-state index in [1.165, 1.54) is 22.9 Å². The minimum atomic E-state index is 0.982. The molecule has 0 aliphatic carbocycles. The van der Waals surface area contributed by atoms with Gasteiger partial charge in [-0.1, -0.05) is 24.3 Å². The van der Waals surface area contributed by atoms with Crippen molar-refractivity contribution in [2.75, 3.05) is 0 Å². The number of hydrogen-bond donors (Lipinski definition) is 0. The Bertz CT molecular complexity index is 981. The molecule has 0 radical (unpaired) electrons. The molecular weight excluding hydrogens is 280 g/mol. The topological polar surface area (TPSA) is 43.6 Å². The van der Waals surface area contributed by atoms with Gasteiger partial charge in [0.25, 0.3) is 0 Å². The first-order valence-corrected chi connectivity index (χ1v) is 7.53. The zero-order valence-electron chi connectivity index (χ0n) is 12.1. The number of benzene rings is 2. The molecule has 0 bridgehead atoms. The zero-order chi connectivity index (χ0) is 14.6. The van der Waals surface area contributed by atoms with Crippen LogP contribution in [-0.4, -0.2) is 18.5 Å². The molecule has 0 saturated heterocycles. The lowest BCUT2D eigenvalue weighted by Crippen LogP contribution is -1.91. The normalized spacial score (nSPS) is 11.6. The lowest BCUT2D eigenvalue weighted by molar-refractivity contribution is 0.780. The number of rotatable bonds is 1. The summed E-state index contributed by atoms with van der Waals surface area (Å²) >= 11 is 1.27. The fraction of sp³-hybridized carbons (Fsp3) is 0.188. The summed E-state index contributed by atoms with van der Waals surface area (Å²) in [5.74, 6) is 0. The third-order valence-electron chi connectivity index (χ3n) is 3.85. The smallest absolute Gasteiger partial charge is 0.113 e. The predicted molar refractivity (Wildman–Crippen MR) is 86.6 cm³/mol. The van der Waals surface area contributed by atoms with Crippen LogP contribution in [0.2, 0.25) is 0 Å². The van der Waals surface area contributed by atoms with Gasteiger partial charge in [0.2, 0.25) is 0 Å². The van der Waals surface area contributed by atoms with E-state index in [-0.39, 0.29) is 0 Å². The molecule has 0 atom stereocenters. The van der Waals surface area contributed by atoms with Gasteiger partial charge < -0.3 is 0 Å². The maximum Gasteiger partial charge on any atom is 0.113 e. The van der Waals surface area contributed by atoms with Crippen molar-refractivity contribution in [2.24, 2.45) is 7.05 Å². The van der Waals surface area contributed by atoms with Crippen LogP contribution in [0.25, 0.3) is 33.1 Å². The summed E-state index contributed by atoms with van der Waals surface area (Å²) in [5, 5.41) is 5.76. The van der Waals surface area contributed by atoms with E-state index in [0.717, 1.165) is 33.1 Å². The van der Waals surface area contributed by atoms with E-state index < -0.39 is 0 Å². The van der Waals surface area contributed by atoms with Crippen molar-refractivity contribution in [3.63, 3.8) is 0 Å². The molecule has 2 heterocycles. The molecule has 5 heteroatoms. The van der Waals surface area contributed by atoms with Crippen molar-refractivity contribution < 1.29 is 0 Å². The number of aromatic nitrogens is 4. The minimum Gasteiger partial charge on any atom is -0.275 e. The molecule has 0 fully saturated rings. The molecule has 0 unspecified atom stereocenters. The highest BCUT2D eigenvalue weighted by atomic mass is 32.1. The lowest BCUT2D eigenvalue weighted by atomic mass is 9.95. The highest BCUT2D eigenvalue weighted by molar-refractivity contribution is 7.00. The van der Waals surface area contributed by atoms with E-state index in [9.17, 15) is 0 Å². The quantitative estimate of drug-likeness (QED) is 0.535. The molecular formula is C16H14N4S. The second-order valence-corrected chi connectivity index (χ2v) is 5.92. The molecule has 2 aromatic carbocycles. The van der Waals surface area contributed by atoms with Crippen LogP contribution in [0.3, 0.4) is 0 Å². The van der Waals surface area contributed by atoms with Crippen LogP contribution in [0, 0.1) is 13.8 Å². The van der Waals surface area contributed by atoms with Gasteiger partial charge in [0, 0.05) is 29.8 Å². The Balaban J connectivity index is 2.16. The van der Waals surface area contributed by atoms with E-state index in [0.29, 0.717) is 0 Å². The highest BCUT2D eigenvalue weighted by Crippen LogP contribution is 2.36. The molecule has 2 aromatic heterocycles. The van der Waals surface area contributed by atoms with E-state index in [2.05, 4.69) is 52.0 Å². The van der Waals surface area contributed by atoms with Gasteiger partial charge in [-0.05, 0) is 25.0 Å². The number of fused-ring (bicyclic) bond motifs is 2. The van der Waals surface area contributed by atoms with Crippen LogP contribution < -0.4 is 0 Å². The van der Waals surface area contributed by atoms with Crippen molar-refractivity contribution >= 4 is 33.7 Å². The summed E-state index contributed by atoms with van der Waals surface area (Å²) in [6, 6.07) is 8.46. The first kappa shape index (κ1) is 12.5. The van der Waals surface area contributed by atoms with Gasteiger partial charge in [-0.15, -0.1) is 0 Å². The van der Waals surface area contributed by atoms with Gasteiger partial charge in [0.05, 0.1) is 11.7 Å². The molecule has 21 heavy (non-hydrogen) atoms.